The van der Waals surface area contributed by atoms with Gasteiger partial charge in [-0.2, -0.15) is 0 Å². The van der Waals surface area contributed by atoms with E-state index in [0.29, 0.717) is 0 Å². The lowest BCUT2D eigenvalue weighted by Gasteiger charge is -2.18. The summed E-state index contributed by atoms with van der Waals surface area (Å²) in [5.74, 6) is -1.95. The maximum absolute atomic E-state index is 12.1. The van der Waals surface area contributed by atoms with E-state index in [0.717, 1.165) is 0 Å². The van der Waals surface area contributed by atoms with E-state index >= 15 is 0 Å². The third-order valence-electron chi connectivity index (χ3n) is 3.04. The van der Waals surface area contributed by atoms with Gasteiger partial charge in [-0.15, -0.1) is 0 Å². The van der Waals surface area contributed by atoms with Crippen LogP contribution >= 0.6 is 0 Å². The van der Waals surface area contributed by atoms with Gasteiger partial charge in [0, 0.05) is 11.6 Å². The van der Waals surface area contributed by atoms with Gasteiger partial charge in [-0.05, 0) is 44.0 Å². The topological polar surface area (TPSA) is 113 Å². The molecular weight excluding hydrogens is 320 g/mol. The summed E-state index contributed by atoms with van der Waals surface area (Å²) in [6.45, 7) is 6.79. The van der Waals surface area contributed by atoms with Crippen LogP contribution in [0.3, 0.4) is 0 Å². The van der Waals surface area contributed by atoms with E-state index < -0.39 is 27.9 Å². The maximum Gasteiger partial charge on any atom is 0.326 e. The van der Waals surface area contributed by atoms with Crippen LogP contribution in [0.1, 0.15) is 38.1 Å². The molecule has 1 aromatic rings. The molecule has 1 unspecified atom stereocenters. The first-order valence-electron chi connectivity index (χ1n) is 7.20. The van der Waals surface area contributed by atoms with Crippen LogP contribution in [0.5, 0.6) is 0 Å². The van der Waals surface area contributed by atoms with Crippen molar-refractivity contribution in [2.24, 2.45) is 5.92 Å². The van der Waals surface area contributed by atoms with Gasteiger partial charge in [0.25, 0.3) is 5.91 Å². The largest absolute Gasteiger partial charge is 0.480 e. The van der Waals surface area contributed by atoms with Crippen LogP contribution in [0, 0.1) is 5.92 Å². The fourth-order valence-electron chi connectivity index (χ4n) is 1.90. The molecule has 1 amide bonds. The average Bonchev–Trinajstić information content (AvgIpc) is 2.42. The predicted molar refractivity (Wildman–Crippen MR) is 85.6 cm³/mol. The van der Waals surface area contributed by atoms with Crippen molar-refractivity contribution in [2.75, 3.05) is 0 Å². The number of benzene rings is 1. The number of rotatable bonds is 7. The van der Waals surface area contributed by atoms with Crippen LogP contribution < -0.4 is 10.0 Å². The molecule has 0 aliphatic rings. The van der Waals surface area contributed by atoms with Crippen molar-refractivity contribution < 1.29 is 23.1 Å². The monoisotopic (exact) mass is 342 g/mol. The van der Waals surface area contributed by atoms with Crippen LogP contribution in [0.4, 0.5) is 0 Å². The van der Waals surface area contributed by atoms with E-state index in [1.54, 1.807) is 27.7 Å². The lowest BCUT2D eigenvalue weighted by molar-refractivity contribution is -0.140. The Kier molecular flexibility index (Phi) is 6.28. The quantitative estimate of drug-likeness (QED) is 0.689. The zero-order valence-corrected chi connectivity index (χ0v) is 14.3. The minimum Gasteiger partial charge on any atom is -0.480 e. The molecule has 0 saturated carbocycles. The molecule has 1 atom stereocenters. The van der Waals surface area contributed by atoms with Crippen LogP contribution in [-0.4, -0.2) is 37.5 Å². The van der Waals surface area contributed by atoms with Gasteiger partial charge in [-0.1, -0.05) is 13.8 Å². The molecule has 8 heteroatoms. The van der Waals surface area contributed by atoms with E-state index in [1.807, 2.05) is 0 Å². The Hall–Kier alpha value is -1.93. The predicted octanol–water partition coefficient (Wildman–Crippen LogP) is 1.21. The Morgan fingerprint density at radius 2 is 1.57 bits per heavy atom. The fraction of sp³-hybridized carbons (Fsp3) is 0.467. The van der Waals surface area contributed by atoms with Gasteiger partial charge in [-0.25, -0.2) is 17.9 Å². The van der Waals surface area contributed by atoms with Crippen molar-refractivity contribution in [3.8, 4) is 0 Å². The average molecular weight is 342 g/mol. The second kappa shape index (κ2) is 7.56. The van der Waals surface area contributed by atoms with Crippen LogP contribution in [0.15, 0.2) is 29.2 Å². The Morgan fingerprint density at radius 3 is 1.96 bits per heavy atom. The molecule has 0 radical (unpaired) electrons. The number of sulfonamides is 1. The number of hydrogen-bond acceptors (Lipinski definition) is 4. The van der Waals surface area contributed by atoms with E-state index in [4.69, 9.17) is 5.11 Å². The molecule has 7 nitrogen and oxygen atoms in total. The number of carboxylic acids is 1. The standard InChI is InChI=1S/C15H22N2O5S/c1-9(2)13(15(19)20)16-14(18)11-5-7-12(8-6-11)23(21,22)17-10(3)4/h5-10,13,17H,1-4H3,(H,16,18)(H,19,20). The minimum atomic E-state index is -3.63. The first kappa shape index (κ1) is 19.1. The molecule has 0 bridgehead atoms. The molecule has 128 valence electrons. The van der Waals surface area contributed by atoms with Gasteiger partial charge in [0.1, 0.15) is 6.04 Å². The van der Waals surface area contributed by atoms with E-state index in [9.17, 15) is 18.0 Å². The number of amides is 1. The SMILES string of the molecule is CC(C)NS(=O)(=O)c1ccc(C(=O)NC(C(=O)O)C(C)C)cc1. The highest BCUT2D eigenvalue weighted by atomic mass is 32.2. The van der Waals surface area contributed by atoms with Crippen molar-refractivity contribution in [3.05, 3.63) is 29.8 Å². The summed E-state index contributed by atoms with van der Waals surface area (Å²) in [6.07, 6.45) is 0. The molecule has 0 heterocycles. The van der Waals surface area contributed by atoms with Crippen LogP contribution in [-0.2, 0) is 14.8 Å². The minimum absolute atomic E-state index is 0.0430. The lowest BCUT2D eigenvalue weighted by Crippen LogP contribution is -2.44. The highest BCUT2D eigenvalue weighted by molar-refractivity contribution is 7.89. The molecule has 3 N–H and O–H groups in total. The van der Waals surface area contributed by atoms with Gasteiger partial charge in [0.15, 0.2) is 0 Å². The second-order valence-electron chi connectivity index (χ2n) is 5.83. The molecule has 0 aromatic heterocycles. The van der Waals surface area contributed by atoms with Gasteiger partial charge < -0.3 is 10.4 Å². The van der Waals surface area contributed by atoms with Gasteiger partial charge >= 0.3 is 5.97 Å². The summed E-state index contributed by atoms with van der Waals surface area (Å²) in [5.41, 5.74) is 0.195. The normalized spacial score (nSPS) is 13.1. The maximum atomic E-state index is 12.1. The molecule has 0 fully saturated rings. The zero-order valence-electron chi connectivity index (χ0n) is 13.5. The summed E-state index contributed by atoms with van der Waals surface area (Å²) in [6, 6.07) is 4.07. The first-order valence-corrected chi connectivity index (χ1v) is 8.69. The number of carbonyl (C=O) groups excluding carboxylic acids is 1. The molecule has 0 spiro atoms. The molecule has 1 rings (SSSR count). The summed E-state index contributed by atoms with van der Waals surface area (Å²) in [5, 5.41) is 11.5. The zero-order chi connectivity index (χ0) is 17.8. The molecule has 23 heavy (non-hydrogen) atoms. The summed E-state index contributed by atoms with van der Waals surface area (Å²) < 4.78 is 26.4. The number of nitrogens with one attached hydrogen (secondary N) is 2. The van der Waals surface area contributed by atoms with Crippen LogP contribution in [0.2, 0.25) is 0 Å². The van der Waals surface area contributed by atoms with Crippen molar-refractivity contribution in [1.29, 1.82) is 0 Å². The molecule has 0 aliphatic carbocycles. The van der Waals surface area contributed by atoms with Crippen LogP contribution in [0.25, 0.3) is 0 Å². The molecular formula is C15H22N2O5S. The van der Waals surface area contributed by atoms with Crippen molar-refractivity contribution in [2.45, 2.75) is 44.7 Å². The molecule has 0 saturated heterocycles. The highest BCUT2D eigenvalue weighted by Gasteiger charge is 2.24. The van der Waals surface area contributed by atoms with Gasteiger partial charge in [-0.3, -0.25) is 4.79 Å². The smallest absolute Gasteiger partial charge is 0.326 e. The lowest BCUT2D eigenvalue weighted by atomic mass is 10.0. The summed E-state index contributed by atoms with van der Waals surface area (Å²) >= 11 is 0. The number of carboxylic acid groups (broad SMARTS) is 1. The van der Waals surface area contributed by atoms with Crippen molar-refractivity contribution in [3.63, 3.8) is 0 Å². The Balaban J connectivity index is 2.92. The molecule has 1 aromatic carbocycles. The number of aliphatic carboxylic acids is 1. The fourth-order valence-corrected chi connectivity index (χ4v) is 3.15. The highest BCUT2D eigenvalue weighted by Crippen LogP contribution is 2.12. The van der Waals surface area contributed by atoms with E-state index in [2.05, 4.69) is 10.0 Å². The Labute approximate surface area is 136 Å². The third-order valence-corrected chi connectivity index (χ3v) is 4.71. The van der Waals surface area contributed by atoms with Gasteiger partial charge in [0.2, 0.25) is 10.0 Å². The van der Waals surface area contributed by atoms with E-state index in [-0.39, 0.29) is 22.4 Å². The number of carbonyl (C=O) groups is 2. The van der Waals surface area contributed by atoms with Crippen molar-refractivity contribution in [1.82, 2.24) is 10.0 Å². The number of hydrogen-bond donors (Lipinski definition) is 3. The van der Waals surface area contributed by atoms with E-state index in [1.165, 1.54) is 24.3 Å². The first-order chi connectivity index (χ1) is 10.5. The summed E-state index contributed by atoms with van der Waals surface area (Å²) in [7, 11) is -3.63. The third kappa shape index (κ3) is 5.33. The summed E-state index contributed by atoms with van der Waals surface area (Å²) in [4.78, 5) is 23.2. The Morgan fingerprint density at radius 1 is 1.04 bits per heavy atom. The molecule has 0 aliphatic heterocycles. The van der Waals surface area contributed by atoms with Gasteiger partial charge in [0.05, 0.1) is 4.90 Å². The van der Waals surface area contributed by atoms with Crippen molar-refractivity contribution >= 4 is 21.9 Å². The second-order valence-corrected chi connectivity index (χ2v) is 7.55. The Bertz CT molecular complexity index is 666.